The highest BCUT2D eigenvalue weighted by Crippen LogP contribution is 2.50. The number of rotatable bonds is 8. The maximum atomic E-state index is 11.6. The Morgan fingerprint density at radius 2 is 1.84 bits per heavy atom. The van der Waals surface area contributed by atoms with Crippen molar-refractivity contribution in [2.24, 2.45) is 28.9 Å². The Labute approximate surface area is 201 Å². The van der Waals surface area contributed by atoms with Crippen molar-refractivity contribution < 1.29 is 9.59 Å². The minimum absolute atomic E-state index is 0.105. The average molecular weight is 466 g/mol. The Bertz CT molecular complexity index is 672. The number of nitrogens with one attached hydrogen (secondary N) is 2. The maximum Gasteiger partial charge on any atom is 0.223 e. The lowest BCUT2D eigenvalue weighted by Gasteiger charge is -2.49. The number of allylic oxidation sites excluding steroid dienone is 3. The molecule has 0 saturated heterocycles. The van der Waals surface area contributed by atoms with E-state index in [1.807, 2.05) is 47.7 Å². The highest BCUT2D eigenvalue weighted by molar-refractivity contribution is 8.01. The van der Waals surface area contributed by atoms with Crippen LogP contribution in [0.1, 0.15) is 74.1 Å². The van der Waals surface area contributed by atoms with Gasteiger partial charge in [-0.15, -0.1) is 0 Å². The molecule has 0 aromatic carbocycles. The summed E-state index contributed by atoms with van der Waals surface area (Å²) in [6, 6.07) is 0.565. The summed E-state index contributed by atoms with van der Waals surface area (Å²) in [7, 11) is 2.04. The normalized spacial score (nSPS) is 29.4. The summed E-state index contributed by atoms with van der Waals surface area (Å²) in [6.07, 6.45) is 8.93. The van der Waals surface area contributed by atoms with E-state index in [0.29, 0.717) is 17.9 Å². The Hall–Kier alpha value is -1.37. The van der Waals surface area contributed by atoms with Gasteiger partial charge in [0, 0.05) is 16.4 Å². The molecule has 4 N–H and O–H groups in total. The van der Waals surface area contributed by atoms with Crippen LogP contribution in [0.15, 0.2) is 35.8 Å². The molecule has 2 aliphatic rings. The van der Waals surface area contributed by atoms with Gasteiger partial charge in [0.15, 0.2) is 0 Å². The van der Waals surface area contributed by atoms with E-state index < -0.39 is 5.54 Å². The summed E-state index contributed by atoms with van der Waals surface area (Å²) in [5, 5.41) is 3.43. The molecule has 2 fully saturated rings. The lowest BCUT2D eigenvalue weighted by molar-refractivity contribution is -0.132. The standard InChI is InChI=1S/C13H24N2O.C11H17NOS.C2H6/c1-8-4-9-5-10(11(8)15-3)7-13(2,6-9)12(14)16;1-6-7-10(9(2)3)14-12-11(4,5)8-13;1-2/h8-11,15H,4-7H2,1-3H3,(H2,14,16);6-8,12H,1-2H2,3-5H3;1-2H3/b;10-7+;. The second-order valence-corrected chi connectivity index (χ2v) is 10.7. The molecule has 184 valence electrons. The van der Waals surface area contributed by atoms with Crippen molar-refractivity contribution in [3.63, 3.8) is 0 Å². The molecule has 2 saturated carbocycles. The van der Waals surface area contributed by atoms with Crippen molar-refractivity contribution in [1.29, 1.82) is 0 Å². The minimum Gasteiger partial charge on any atom is -0.369 e. The molecule has 1 amide bonds. The molecule has 0 aromatic rings. The first-order valence-corrected chi connectivity index (χ1v) is 12.6. The van der Waals surface area contributed by atoms with E-state index in [9.17, 15) is 9.59 Å². The predicted molar refractivity (Wildman–Crippen MR) is 140 cm³/mol. The number of carbonyl (C=O) groups is 2. The summed E-state index contributed by atoms with van der Waals surface area (Å²) >= 11 is 1.39. The molecular weight excluding hydrogens is 418 g/mol. The van der Waals surface area contributed by atoms with Gasteiger partial charge in [-0.3, -0.25) is 4.79 Å². The first-order chi connectivity index (χ1) is 14.9. The van der Waals surface area contributed by atoms with E-state index in [4.69, 9.17) is 5.73 Å². The number of aldehydes is 1. The van der Waals surface area contributed by atoms with Crippen LogP contribution in [-0.2, 0) is 9.59 Å². The highest BCUT2D eigenvalue weighted by Gasteiger charge is 2.47. The van der Waals surface area contributed by atoms with E-state index in [-0.39, 0.29) is 11.3 Å². The van der Waals surface area contributed by atoms with Crippen LogP contribution in [0, 0.1) is 23.2 Å². The molecule has 5 nitrogen and oxygen atoms in total. The Morgan fingerprint density at radius 1 is 1.25 bits per heavy atom. The van der Waals surface area contributed by atoms with Crippen molar-refractivity contribution in [2.45, 2.75) is 85.7 Å². The smallest absolute Gasteiger partial charge is 0.223 e. The van der Waals surface area contributed by atoms with Crippen molar-refractivity contribution in [1.82, 2.24) is 10.0 Å². The first kappa shape index (κ1) is 30.6. The Kier molecular flexibility index (Phi) is 13.4. The van der Waals surface area contributed by atoms with Gasteiger partial charge in [-0.05, 0) is 94.9 Å². The first-order valence-electron chi connectivity index (χ1n) is 11.7. The summed E-state index contributed by atoms with van der Waals surface area (Å²) < 4.78 is 3.05. The summed E-state index contributed by atoms with van der Waals surface area (Å²) in [5.41, 5.74) is 5.73. The fourth-order valence-corrected chi connectivity index (χ4v) is 5.55. The molecule has 2 bridgehead atoms. The molecule has 5 atom stereocenters. The molecular formula is C26H47N3O2S. The van der Waals surface area contributed by atoms with Gasteiger partial charge in [-0.2, -0.15) is 0 Å². The molecule has 2 rings (SSSR count). The fraction of sp³-hybridized carbons (Fsp3) is 0.692. The maximum absolute atomic E-state index is 11.6. The molecule has 0 aromatic heterocycles. The van der Waals surface area contributed by atoms with Crippen molar-refractivity contribution in [3.05, 3.63) is 35.8 Å². The molecule has 0 radical (unpaired) electrons. The number of hydrogen-bond acceptors (Lipinski definition) is 5. The Morgan fingerprint density at radius 3 is 2.28 bits per heavy atom. The number of primary amides is 1. The number of fused-ring (bicyclic) bond motifs is 2. The topological polar surface area (TPSA) is 84.2 Å². The van der Waals surface area contributed by atoms with Crippen LogP contribution in [0.3, 0.4) is 0 Å². The van der Waals surface area contributed by atoms with Crippen LogP contribution in [0.4, 0.5) is 0 Å². The van der Waals surface area contributed by atoms with Crippen molar-refractivity contribution in [2.75, 3.05) is 7.05 Å². The van der Waals surface area contributed by atoms with Gasteiger partial charge in [0.1, 0.15) is 6.29 Å². The van der Waals surface area contributed by atoms with Gasteiger partial charge in [-0.25, -0.2) is 4.72 Å². The van der Waals surface area contributed by atoms with Crippen molar-refractivity contribution in [3.8, 4) is 0 Å². The summed E-state index contributed by atoms with van der Waals surface area (Å²) in [5.74, 6) is 1.96. The molecule has 0 spiro atoms. The second-order valence-electron chi connectivity index (χ2n) is 9.81. The van der Waals surface area contributed by atoms with E-state index in [0.717, 1.165) is 35.5 Å². The number of hydrogen-bond donors (Lipinski definition) is 3. The third kappa shape index (κ3) is 9.24. The van der Waals surface area contributed by atoms with Gasteiger partial charge in [0.05, 0.1) is 5.54 Å². The number of carbonyl (C=O) groups excluding carboxylic acids is 2. The second kappa shape index (κ2) is 14.0. The fourth-order valence-electron chi connectivity index (χ4n) is 4.79. The summed E-state index contributed by atoms with van der Waals surface area (Å²) in [4.78, 5) is 23.2. The Balaban J connectivity index is 0.000000564. The molecule has 0 heterocycles. The van der Waals surface area contributed by atoms with Gasteiger partial charge in [0.2, 0.25) is 5.91 Å². The quantitative estimate of drug-likeness (QED) is 0.254. The van der Waals surface area contributed by atoms with Crippen LogP contribution < -0.4 is 15.8 Å². The van der Waals surface area contributed by atoms with Crippen LogP contribution in [0.2, 0.25) is 0 Å². The van der Waals surface area contributed by atoms with E-state index >= 15 is 0 Å². The van der Waals surface area contributed by atoms with Crippen LogP contribution >= 0.6 is 11.9 Å². The lowest BCUT2D eigenvalue weighted by Crippen LogP contribution is -2.52. The van der Waals surface area contributed by atoms with Crippen LogP contribution in [-0.4, -0.2) is 30.8 Å². The van der Waals surface area contributed by atoms with Crippen molar-refractivity contribution >= 4 is 24.1 Å². The lowest BCUT2D eigenvalue weighted by atomic mass is 9.57. The third-order valence-corrected chi connectivity index (χ3v) is 7.58. The van der Waals surface area contributed by atoms with Gasteiger partial charge >= 0.3 is 0 Å². The molecule has 0 aliphatic heterocycles. The van der Waals surface area contributed by atoms with Gasteiger partial charge in [-0.1, -0.05) is 46.9 Å². The highest BCUT2D eigenvalue weighted by atomic mass is 32.2. The zero-order valence-corrected chi connectivity index (χ0v) is 22.4. The molecule has 5 unspecified atom stereocenters. The largest absolute Gasteiger partial charge is 0.369 e. The number of nitrogens with two attached hydrogens (primary N) is 1. The van der Waals surface area contributed by atoms with E-state index in [1.165, 1.54) is 24.8 Å². The third-order valence-electron chi connectivity index (χ3n) is 6.25. The zero-order valence-electron chi connectivity index (χ0n) is 21.6. The van der Waals surface area contributed by atoms with Crippen LogP contribution in [0.25, 0.3) is 0 Å². The van der Waals surface area contributed by atoms with Crippen LogP contribution in [0.5, 0.6) is 0 Å². The SMILES string of the molecule is C=C/C=C(/SNC(C)(C)C=O)C(=C)C.CC.CNC1C(C)CC2CC1CC(C)(C(N)=O)C2. The van der Waals surface area contributed by atoms with Gasteiger partial charge < -0.3 is 15.8 Å². The number of amides is 1. The molecule has 6 heteroatoms. The monoisotopic (exact) mass is 465 g/mol. The van der Waals surface area contributed by atoms with E-state index in [2.05, 4.69) is 37.0 Å². The average Bonchev–Trinajstić information content (AvgIpc) is 2.72. The van der Waals surface area contributed by atoms with Gasteiger partial charge in [0.25, 0.3) is 0 Å². The molecule has 32 heavy (non-hydrogen) atoms. The summed E-state index contributed by atoms with van der Waals surface area (Å²) in [6.45, 7) is 21.4. The minimum atomic E-state index is -0.527. The predicted octanol–water partition coefficient (Wildman–Crippen LogP) is 5.40. The molecule has 2 aliphatic carbocycles. The zero-order chi connectivity index (χ0) is 25.1. The van der Waals surface area contributed by atoms with E-state index in [1.54, 1.807) is 6.08 Å².